The molecule has 0 unspecified atom stereocenters. The van der Waals surface area contributed by atoms with Gasteiger partial charge < -0.3 is 4.52 Å². The summed E-state index contributed by atoms with van der Waals surface area (Å²) in [7, 11) is -3.45. The van der Waals surface area contributed by atoms with Gasteiger partial charge in [-0.05, 0) is 50.4 Å². The van der Waals surface area contributed by atoms with Crippen LogP contribution in [0, 0.1) is 13.8 Å². The molecular weight excluding hydrogens is 362 g/mol. The maximum atomic E-state index is 13.0. The highest BCUT2D eigenvalue weighted by atomic mass is 32.2. The van der Waals surface area contributed by atoms with Crippen LogP contribution in [0.25, 0.3) is 0 Å². The minimum absolute atomic E-state index is 0.381. The predicted octanol–water partition coefficient (Wildman–Crippen LogP) is 3.31. The van der Waals surface area contributed by atoms with Crippen molar-refractivity contribution in [1.82, 2.24) is 14.4 Å². The van der Waals surface area contributed by atoms with E-state index in [1.807, 2.05) is 26.0 Å². The Morgan fingerprint density at radius 1 is 1.07 bits per heavy atom. The van der Waals surface area contributed by atoms with Crippen LogP contribution in [0.4, 0.5) is 0 Å². The molecule has 0 saturated carbocycles. The molecule has 1 aromatic heterocycles. The van der Waals surface area contributed by atoms with Gasteiger partial charge in [0.05, 0.1) is 10.6 Å². The van der Waals surface area contributed by atoms with Gasteiger partial charge in [0.25, 0.3) is 0 Å². The number of aryl methyl sites for hydroxylation is 2. The van der Waals surface area contributed by atoms with Crippen molar-refractivity contribution >= 4 is 10.0 Å². The van der Waals surface area contributed by atoms with Gasteiger partial charge in [0, 0.05) is 31.7 Å². The topological polar surface area (TPSA) is 66.7 Å². The molecule has 0 atom stereocenters. The molecule has 2 heterocycles. The Morgan fingerprint density at radius 2 is 1.78 bits per heavy atom. The summed E-state index contributed by atoms with van der Waals surface area (Å²) in [5.74, 6) is 1.23. The number of nitrogens with zero attached hydrogens (tertiary/aromatic N) is 3. The zero-order valence-electron chi connectivity index (χ0n) is 16.6. The van der Waals surface area contributed by atoms with Crippen molar-refractivity contribution in [3.63, 3.8) is 0 Å². The Morgan fingerprint density at radius 3 is 2.37 bits per heavy atom. The summed E-state index contributed by atoms with van der Waals surface area (Å²) >= 11 is 0. The Hall–Kier alpha value is -1.70. The molecule has 0 bridgehead atoms. The van der Waals surface area contributed by atoms with Crippen molar-refractivity contribution in [2.24, 2.45) is 0 Å². The lowest BCUT2D eigenvalue weighted by Crippen LogP contribution is -2.35. The van der Waals surface area contributed by atoms with E-state index in [4.69, 9.17) is 4.52 Å². The van der Waals surface area contributed by atoms with Gasteiger partial charge in [0.15, 0.2) is 0 Å². The maximum absolute atomic E-state index is 13.0. The highest BCUT2D eigenvalue weighted by molar-refractivity contribution is 7.89. The van der Waals surface area contributed by atoms with Gasteiger partial charge in [-0.2, -0.15) is 4.31 Å². The molecule has 1 aliphatic heterocycles. The van der Waals surface area contributed by atoms with E-state index in [9.17, 15) is 8.42 Å². The van der Waals surface area contributed by atoms with E-state index in [1.165, 1.54) is 0 Å². The van der Waals surface area contributed by atoms with Crippen LogP contribution in [-0.4, -0.2) is 49.0 Å². The van der Waals surface area contributed by atoms with Crippen LogP contribution >= 0.6 is 0 Å². The summed E-state index contributed by atoms with van der Waals surface area (Å²) < 4.78 is 32.9. The Bertz CT molecular complexity index is 853. The average molecular weight is 392 g/mol. The molecule has 0 spiro atoms. The Kier molecular flexibility index (Phi) is 6.03. The van der Waals surface area contributed by atoms with E-state index in [2.05, 4.69) is 23.9 Å². The minimum atomic E-state index is -3.45. The molecule has 0 N–H and O–H groups in total. The lowest BCUT2D eigenvalue weighted by molar-refractivity contribution is 0.276. The van der Waals surface area contributed by atoms with Gasteiger partial charge in [-0.25, -0.2) is 8.42 Å². The Labute approximate surface area is 162 Å². The molecule has 1 fully saturated rings. The summed E-state index contributed by atoms with van der Waals surface area (Å²) in [4.78, 5) is 2.66. The molecular formula is C20H29N3O3S. The highest BCUT2D eigenvalue weighted by Crippen LogP contribution is 2.22. The standard InChI is InChI=1S/C20H29N3O3S/c1-15(2)18-6-8-19(9-7-18)27(24,25)23-11-5-10-22(12-13-23)14-20-16(3)21-26-17(20)4/h6-9,15H,5,10-14H2,1-4H3. The van der Waals surface area contributed by atoms with Crippen LogP contribution in [-0.2, 0) is 16.6 Å². The van der Waals surface area contributed by atoms with E-state index in [1.54, 1.807) is 16.4 Å². The molecule has 27 heavy (non-hydrogen) atoms. The molecule has 1 saturated heterocycles. The van der Waals surface area contributed by atoms with Gasteiger partial charge in [0.1, 0.15) is 5.76 Å². The number of sulfonamides is 1. The lowest BCUT2D eigenvalue weighted by atomic mass is 10.0. The summed E-state index contributed by atoms with van der Waals surface area (Å²) in [5, 5.41) is 4.01. The maximum Gasteiger partial charge on any atom is 0.243 e. The van der Waals surface area contributed by atoms with Crippen molar-refractivity contribution in [3.05, 3.63) is 46.8 Å². The van der Waals surface area contributed by atoms with Crippen LogP contribution in [0.3, 0.4) is 0 Å². The van der Waals surface area contributed by atoms with Crippen molar-refractivity contribution < 1.29 is 12.9 Å². The van der Waals surface area contributed by atoms with E-state index in [0.717, 1.165) is 42.1 Å². The molecule has 0 aliphatic carbocycles. The van der Waals surface area contributed by atoms with Crippen molar-refractivity contribution in [1.29, 1.82) is 0 Å². The molecule has 1 aromatic carbocycles. The molecule has 6 nitrogen and oxygen atoms in total. The number of rotatable bonds is 5. The average Bonchev–Trinajstić information content (AvgIpc) is 2.84. The van der Waals surface area contributed by atoms with Crippen LogP contribution in [0.1, 0.15) is 48.8 Å². The molecule has 3 rings (SSSR count). The second kappa shape index (κ2) is 8.12. The van der Waals surface area contributed by atoms with Crippen LogP contribution in [0.15, 0.2) is 33.7 Å². The van der Waals surface area contributed by atoms with E-state index in [-0.39, 0.29) is 0 Å². The summed E-state index contributed by atoms with van der Waals surface area (Å²) in [6.45, 7) is 11.4. The molecule has 2 aromatic rings. The monoisotopic (exact) mass is 391 g/mol. The number of benzene rings is 1. The SMILES string of the molecule is Cc1noc(C)c1CN1CCCN(S(=O)(=O)c2ccc(C(C)C)cc2)CC1. The van der Waals surface area contributed by atoms with Crippen molar-refractivity contribution in [2.45, 2.75) is 51.5 Å². The largest absolute Gasteiger partial charge is 0.361 e. The summed E-state index contributed by atoms with van der Waals surface area (Å²) in [5.41, 5.74) is 3.16. The van der Waals surface area contributed by atoms with E-state index >= 15 is 0 Å². The number of hydrogen-bond acceptors (Lipinski definition) is 5. The van der Waals surface area contributed by atoms with Gasteiger partial charge in [-0.15, -0.1) is 0 Å². The fourth-order valence-electron chi connectivity index (χ4n) is 3.47. The van der Waals surface area contributed by atoms with Crippen molar-refractivity contribution in [3.8, 4) is 0 Å². The first-order valence-electron chi connectivity index (χ1n) is 9.53. The third kappa shape index (κ3) is 4.42. The first-order valence-corrected chi connectivity index (χ1v) is 11.0. The lowest BCUT2D eigenvalue weighted by Gasteiger charge is -2.22. The molecule has 7 heteroatoms. The first kappa shape index (κ1) is 20.0. The fourth-order valence-corrected chi connectivity index (χ4v) is 4.94. The third-order valence-electron chi connectivity index (χ3n) is 5.29. The zero-order valence-corrected chi connectivity index (χ0v) is 17.4. The third-order valence-corrected chi connectivity index (χ3v) is 7.21. The second-order valence-corrected chi connectivity index (χ2v) is 9.50. The normalized spacial score (nSPS) is 17.4. The number of aromatic nitrogens is 1. The van der Waals surface area contributed by atoms with Gasteiger partial charge in [-0.1, -0.05) is 31.1 Å². The predicted molar refractivity (Wildman–Crippen MR) is 105 cm³/mol. The molecule has 0 amide bonds. The smallest absolute Gasteiger partial charge is 0.243 e. The quantitative estimate of drug-likeness (QED) is 0.782. The molecule has 1 aliphatic rings. The highest BCUT2D eigenvalue weighted by Gasteiger charge is 2.27. The van der Waals surface area contributed by atoms with Crippen molar-refractivity contribution in [2.75, 3.05) is 26.2 Å². The van der Waals surface area contributed by atoms with Crippen LogP contribution < -0.4 is 0 Å². The van der Waals surface area contributed by atoms with Crippen LogP contribution in [0.2, 0.25) is 0 Å². The number of hydrogen-bond donors (Lipinski definition) is 0. The summed E-state index contributed by atoms with van der Waals surface area (Å²) in [6, 6.07) is 7.30. The zero-order chi connectivity index (χ0) is 19.6. The van der Waals surface area contributed by atoms with E-state index < -0.39 is 10.0 Å². The minimum Gasteiger partial charge on any atom is -0.361 e. The molecule has 148 valence electrons. The second-order valence-electron chi connectivity index (χ2n) is 7.56. The van der Waals surface area contributed by atoms with Gasteiger partial charge in [-0.3, -0.25) is 4.90 Å². The fraction of sp³-hybridized carbons (Fsp3) is 0.550. The van der Waals surface area contributed by atoms with Gasteiger partial charge >= 0.3 is 0 Å². The van der Waals surface area contributed by atoms with E-state index in [0.29, 0.717) is 30.4 Å². The van der Waals surface area contributed by atoms with Gasteiger partial charge in [0.2, 0.25) is 10.0 Å². The molecule has 0 radical (unpaired) electrons. The Balaban J connectivity index is 1.69. The van der Waals surface area contributed by atoms with Crippen LogP contribution in [0.5, 0.6) is 0 Å². The summed E-state index contributed by atoms with van der Waals surface area (Å²) in [6.07, 6.45) is 0.812. The first-order chi connectivity index (χ1) is 12.8.